The molecule has 0 saturated carbocycles. The summed E-state index contributed by atoms with van der Waals surface area (Å²) in [6, 6.07) is -0.976. The lowest BCUT2D eigenvalue weighted by Crippen LogP contribution is -2.38. The molecule has 0 bridgehead atoms. The van der Waals surface area contributed by atoms with E-state index < -0.39 is 17.6 Å². The van der Waals surface area contributed by atoms with Gasteiger partial charge >= 0.3 is 5.97 Å². The Bertz CT molecular complexity index is 225. The van der Waals surface area contributed by atoms with Gasteiger partial charge in [0.1, 0.15) is 6.04 Å². The van der Waals surface area contributed by atoms with Gasteiger partial charge in [-0.15, -0.1) is 0 Å². The zero-order valence-corrected chi connectivity index (χ0v) is 9.27. The number of carboxylic acids is 1. The first-order chi connectivity index (χ1) is 6.76. The van der Waals surface area contributed by atoms with Crippen molar-refractivity contribution in [1.29, 1.82) is 0 Å². The number of nitrogens with zero attached hydrogens (tertiary/aromatic N) is 1. The molecule has 0 radical (unpaired) electrons. The average Bonchev–Trinajstić information content (AvgIpc) is 2.09. The van der Waals surface area contributed by atoms with Gasteiger partial charge in [0.05, 0.1) is 12.1 Å². The fourth-order valence-corrected chi connectivity index (χ4v) is 0.861. The number of hydroxylamine groups is 2. The Morgan fingerprint density at radius 2 is 2.13 bits per heavy atom. The highest BCUT2D eigenvalue weighted by Gasteiger charge is 2.18. The van der Waals surface area contributed by atoms with Gasteiger partial charge in [0.2, 0.25) is 6.41 Å². The SMILES string of the molecule is CC(C)(C)ON(C=O)CC[C@H](N)C(=O)O. The monoisotopic (exact) mass is 218 g/mol. The Hall–Kier alpha value is -1.14. The quantitative estimate of drug-likeness (QED) is 0.482. The van der Waals surface area contributed by atoms with Crippen LogP contribution in [0.25, 0.3) is 0 Å². The Morgan fingerprint density at radius 3 is 2.47 bits per heavy atom. The van der Waals surface area contributed by atoms with E-state index in [1.54, 1.807) is 20.8 Å². The van der Waals surface area contributed by atoms with Gasteiger partial charge in [-0.25, -0.2) is 5.06 Å². The topological polar surface area (TPSA) is 92.9 Å². The largest absolute Gasteiger partial charge is 0.480 e. The fourth-order valence-electron chi connectivity index (χ4n) is 0.861. The molecule has 0 aromatic heterocycles. The van der Waals surface area contributed by atoms with Crippen molar-refractivity contribution in [2.45, 2.75) is 38.8 Å². The molecule has 0 heterocycles. The summed E-state index contributed by atoms with van der Waals surface area (Å²) in [6.07, 6.45) is 0.671. The van der Waals surface area contributed by atoms with Crippen molar-refractivity contribution in [2.75, 3.05) is 6.54 Å². The first kappa shape index (κ1) is 13.9. The highest BCUT2D eigenvalue weighted by atomic mass is 16.7. The van der Waals surface area contributed by atoms with Crippen LogP contribution in [0.2, 0.25) is 0 Å². The first-order valence-electron chi connectivity index (χ1n) is 4.65. The molecule has 3 N–H and O–H groups in total. The normalized spacial score (nSPS) is 13.3. The van der Waals surface area contributed by atoms with Crippen LogP contribution in [0.15, 0.2) is 0 Å². The number of hydrogen-bond acceptors (Lipinski definition) is 4. The number of carbonyl (C=O) groups is 2. The minimum Gasteiger partial charge on any atom is -0.480 e. The van der Waals surface area contributed by atoms with E-state index in [2.05, 4.69) is 0 Å². The van der Waals surface area contributed by atoms with Crippen LogP contribution in [0.1, 0.15) is 27.2 Å². The molecule has 0 rings (SSSR count). The third kappa shape index (κ3) is 6.87. The molecule has 0 aromatic carbocycles. The van der Waals surface area contributed by atoms with E-state index in [1.165, 1.54) is 0 Å². The molecule has 0 spiro atoms. The minimum absolute atomic E-state index is 0.157. The Morgan fingerprint density at radius 1 is 1.60 bits per heavy atom. The van der Waals surface area contributed by atoms with Crippen LogP contribution in [0.4, 0.5) is 0 Å². The van der Waals surface area contributed by atoms with E-state index in [0.29, 0.717) is 6.41 Å². The zero-order chi connectivity index (χ0) is 12.1. The Labute approximate surface area is 88.9 Å². The summed E-state index contributed by atoms with van der Waals surface area (Å²) in [5.41, 5.74) is 4.79. The zero-order valence-electron chi connectivity index (χ0n) is 9.27. The molecule has 1 amide bonds. The second kappa shape index (κ2) is 5.67. The maximum atomic E-state index is 10.6. The van der Waals surface area contributed by atoms with E-state index in [1.807, 2.05) is 0 Å². The summed E-state index contributed by atoms with van der Waals surface area (Å²) in [5, 5.41) is 9.59. The van der Waals surface area contributed by atoms with Gasteiger partial charge in [0, 0.05) is 0 Å². The summed E-state index contributed by atoms with van der Waals surface area (Å²) in [4.78, 5) is 26.2. The van der Waals surface area contributed by atoms with Gasteiger partial charge in [-0.1, -0.05) is 0 Å². The molecule has 0 aromatic rings. The van der Waals surface area contributed by atoms with E-state index >= 15 is 0 Å². The molecule has 6 nitrogen and oxygen atoms in total. The third-order valence-corrected chi connectivity index (χ3v) is 1.49. The van der Waals surface area contributed by atoms with Gasteiger partial charge in [-0.3, -0.25) is 14.4 Å². The molecule has 0 saturated heterocycles. The molecule has 0 aliphatic rings. The van der Waals surface area contributed by atoms with E-state index in [4.69, 9.17) is 15.7 Å². The molecule has 88 valence electrons. The predicted molar refractivity (Wildman–Crippen MR) is 53.8 cm³/mol. The highest BCUT2D eigenvalue weighted by Crippen LogP contribution is 2.09. The molecule has 1 atom stereocenters. The van der Waals surface area contributed by atoms with Gasteiger partial charge in [-0.2, -0.15) is 0 Å². The number of nitrogens with two attached hydrogens (primary N) is 1. The highest BCUT2D eigenvalue weighted by molar-refractivity contribution is 5.73. The van der Waals surface area contributed by atoms with Crippen molar-refractivity contribution in [3.63, 3.8) is 0 Å². The van der Waals surface area contributed by atoms with E-state index in [0.717, 1.165) is 5.06 Å². The Balaban J connectivity index is 4.01. The number of carboxylic acid groups (broad SMARTS) is 1. The van der Waals surface area contributed by atoms with Crippen molar-refractivity contribution in [1.82, 2.24) is 5.06 Å². The molecule has 0 aliphatic carbocycles. The van der Waals surface area contributed by atoms with Gasteiger partial charge < -0.3 is 10.8 Å². The molecule has 0 fully saturated rings. The summed E-state index contributed by atoms with van der Waals surface area (Å²) in [7, 11) is 0. The van der Waals surface area contributed by atoms with Crippen LogP contribution in [0.5, 0.6) is 0 Å². The van der Waals surface area contributed by atoms with Gasteiger partial charge in [-0.05, 0) is 27.2 Å². The molecule has 0 aliphatic heterocycles. The molecule has 15 heavy (non-hydrogen) atoms. The van der Waals surface area contributed by atoms with Gasteiger partial charge in [0.15, 0.2) is 0 Å². The average molecular weight is 218 g/mol. The van der Waals surface area contributed by atoms with Crippen LogP contribution in [0.3, 0.4) is 0 Å². The lowest BCUT2D eigenvalue weighted by atomic mass is 10.2. The number of carbonyl (C=O) groups excluding carboxylic acids is 1. The second-order valence-corrected chi connectivity index (χ2v) is 4.18. The molecular formula is C9H18N2O4. The van der Waals surface area contributed by atoms with Crippen LogP contribution in [-0.2, 0) is 14.4 Å². The van der Waals surface area contributed by atoms with Crippen molar-refractivity contribution in [3.8, 4) is 0 Å². The summed E-state index contributed by atoms with van der Waals surface area (Å²) in [6.45, 7) is 5.54. The maximum absolute atomic E-state index is 10.6. The lowest BCUT2D eigenvalue weighted by molar-refractivity contribution is -0.216. The standard InChI is InChI=1S/C9H18N2O4/c1-9(2,3)15-11(6-12)5-4-7(10)8(13)14/h6-7H,4-5,10H2,1-3H3,(H,13,14)/t7-/m0/s1. The maximum Gasteiger partial charge on any atom is 0.320 e. The predicted octanol–water partition coefficient (Wildman–Crippen LogP) is -0.0231. The van der Waals surface area contributed by atoms with Crippen LogP contribution >= 0.6 is 0 Å². The van der Waals surface area contributed by atoms with Crippen LogP contribution in [-0.4, -0.2) is 40.7 Å². The number of amides is 1. The lowest BCUT2D eigenvalue weighted by Gasteiger charge is -2.26. The van der Waals surface area contributed by atoms with Crippen LogP contribution in [0, 0.1) is 0 Å². The summed E-state index contributed by atoms with van der Waals surface area (Å²) >= 11 is 0. The molecular weight excluding hydrogens is 200 g/mol. The smallest absolute Gasteiger partial charge is 0.320 e. The Kier molecular flexibility index (Phi) is 5.24. The summed E-state index contributed by atoms with van der Waals surface area (Å²) < 4.78 is 0. The minimum atomic E-state index is -1.09. The van der Waals surface area contributed by atoms with Crippen molar-refractivity contribution < 1.29 is 19.5 Å². The second-order valence-electron chi connectivity index (χ2n) is 4.18. The van der Waals surface area contributed by atoms with Crippen LogP contribution < -0.4 is 5.73 Å². The van der Waals surface area contributed by atoms with E-state index in [-0.39, 0.29) is 13.0 Å². The van der Waals surface area contributed by atoms with Crippen molar-refractivity contribution in [2.24, 2.45) is 5.73 Å². The van der Waals surface area contributed by atoms with Gasteiger partial charge in [0.25, 0.3) is 0 Å². The first-order valence-corrected chi connectivity index (χ1v) is 4.65. The van der Waals surface area contributed by atoms with Crippen molar-refractivity contribution >= 4 is 12.4 Å². The fraction of sp³-hybridized carbons (Fsp3) is 0.778. The summed E-state index contributed by atoms with van der Waals surface area (Å²) in [5.74, 6) is -1.09. The number of hydrogen-bond donors (Lipinski definition) is 2. The molecule has 0 unspecified atom stereocenters. The third-order valence-electron chi connectivity index (χ3n) is 1.49. The number of aliphatic carboxylic acids is 1. The van der Waals surface area contributed by atoms with E-state index in [9.17, 15) is 9.59 Å². The number of rotatable bonds is 6. The van der Waals surface area contributed by atoms with Crippen molar-refractivity contribution in [3.05, 3.63) is 0 Å². The molecule has 6 heteroatoms.